The molecule has 0 saturated carbocycles. The molecule has 1 heterocycles. The quantitative estimate of drug-likeness (QED) is 0.464. The van der Waals surface area contributed by atoms with Crippen molar-refractivity contribution in [1.82, 2.24) is 0 Å². The van der Waals surface area contributed by atoms with Gasteiger partial charge in [-0.1, -0.05) is 0 Å². The van der Waals surface area contributed by atoms with Gasteiger partial charge in [-0.05, 0) is 6.92 Å². The first-order valence-electron chi connectivity index (χ1n) is 2.01. The predicted octanol–water partition coefficient (Wildman–Crippen LogP) is -0.685. The summed E-state index contributed by atoms with van der Waals surface area (Å²) in [6, 6.07) is 0. The Morgan fingerprint density at radius 2 is 2.43 bits per heavy atom. The molecule has 3 heteroatoms. The van der Waals surface area contributed by atoms with E-state index in [4.69, 9.17) is 5.73 Å². The Kier molecular flexibility index (Phi) is 0.527. The van der Waals surface area contributed by atoms with Crippen molar-refractivity contribution < 1.29 is 4.79 Å². The summed E-state index contributed by atoms with van der Waals surface area (Å²) in [6.45, 7) is 1.68. The van der Waals surface area contributed by atoms with E-state index in [2.05, 4.69) is 4.99 Å². The molecule has 0 aliphatic carbocycles. The van der Waals surface area contributed by atoms with Gasteiger partial charge in [0.15, 0.2) is 5.54 Å². The van der Waals surface area contributed by atoms with Crippen molar-refractivity contribution in [2.45, 2.75) is 12.5 Å². The van der Waals surface area contributed by atoms with E-state index in [1.54, 1.807) is 6.92 Å². The van der Waals surface area contributed by atoms with E-state index < -0.39 is 5.54 Å². The minimum absolute atomic E-state index is 0.368. The van der Waals surface area contributed by atoms with Gasteiger partial charge < -0.3 is 5.73 Å². The maximum atomic E-state index is 10.2. The van der Waals surface area contributed by atoms with E-state index in [0.717, 1.165) is 0 Å². The monoisotopic (exact) mass is 98.0 g/mol. The number of aliphatic imine (C=N–C) groups is 1. The Labute approximate surface area is 41.2 Å². The molecule has 1 aliphatic rings. The Hall–Kier alpha value is -0.860. The lowest BCUT2D eigenvalue weighted by Gasteiger charge is -1.94. The minimum Gasteiger partial charge on any atom is -0.367 e. The van der Waals surface area contributed by atoms with Crippen molar-refractivity contribution in [3.8, 4) is 0 Å². The van der Waals surface area contributed by atoms with E-state index in [9.17, 15) is 4.79 Å². The van der Waals surface area contributed by atoms with E-state index in [0.29, 0.717) is 0 Å². The van der Waals surface area contributed by atoms with E-state index in [1.165, 1.54) is 6.21 Å². The summed E-state index contributed by atoms with van der Waals surface area (Å²) in [5.74, 6) is -0.368. The van der Waals surface area contributed by atoms with E-state index in [-0.39, 0.29) is 5.91 Å². The maximum absolute atomic E-state index is 10.2. The molecule has 0 aromatic heterocycles. The van der Waals surface area contributed by atoms with Crippen LogP contribution in [0, 0.1) is 0 Å². The van der Waals surface area contributed by atoms with E-state index >= 15 is 0 Å². The first kappa shape index (κ1) is 4.30. The number of rotatable bonds is 1. The molecule has 1 rings (SSSR count). The van der Waals surface area contributed by atoms with Crippen molar-refractivity contribution >= 4 is 12.1 Å². The molecule has 7 heavy (non-hydrogen) atoms. The average molecular weight is 98.1 g/mol. The van der Waals surface area contributed by atoms with Crippen LogP contribution in [0.25, 0.3) is 0 Å². The van der Waals surface area contributed by atoms with Gasteiger partial charge in [0.05, 0.1) is 0 Å². The van der Waals surface area contributed by atoms with Crippen LogP contribution in [-0.2, 0) is 4.79 Å². The first-order chi connectivity index (χ1) is 3.15. The van der Waals surface area contributed by atoms with E-state index in [1.807, 2.05) is 0 Å². The maximum Gasteiger partial charge on any atom is 0.250 e. The topological polar surface area (TPSA) is 55.5 Å². The summed E-state index contributed by atoms with van der Waals surface area (Å²) < 4.78 is 0. The predicted molar refractivity (Wildman–Crippen MR) is 26.1 cm³/mol. The van der Waals surface area contributed by atoms with Gasteiger partial charge in [0.2, 0.25) is 0 Å². The van der Waals surface area contributed by atoms with Crippen LogP contribution in [0.4, 0.5) is 0 Å². The number of amides is 1. The summed E-state index contributed by atoms with van der Waals surface area (Å²) in [6.07, 6.45) is 1.54. The van der Waals surface area contributed by atoms with Gasteiger partial charge in [0, 0.05) is 6.21 Å². The highest BCUT2D eigenvalue weighted by molar-refractivity contribution is 6.10. The molecule has 0 radical (unpaired) electrons. The highest BCUT2D eigenvalue weighted by Gasteiger charge is 2.37. The standard InChI is InChI=1S/C4H6N2O/c1-4(2-6-4)3(5)7/h2H,1H3,(H2,5,7). The van der Waals surface area contributed by atoms with Crippen molar-refractivity contribution in [3.63, 3.8) is 0 Å². The SMILES string of the molecule is CC1(C(N)=O)C=N1. The molecular weight excluding hydrogens is 92.1 g/mol. The largest absolute Gasteiger partial charge is 0.367 e. The number of primary amides is 1. The van der Waals surface area contributed by atoms with Crippen molar-refractivity contribution in [2.75, 3.05) is 0 Å². The number of nitrogens with zero attached hydrogens (tertiary/aromatic N) is 1. The second-order valence-corrected chi connectivity index (χ2v) is 1.77. The summed E-state index contributed by atoms with van der Waals surface area (Å²) in [5, 5.41) is 0. The number of carbonyl (C=O) groups is 1. The lowest BCUT2D eigenvalue weighted by molar-refractivity contribution is -0.119. The fourth-order valence-corrected chi connectivity index (χ4v) is 0.224. The number of nitrogens with two attached hydrogens (primary N) is 1. The molecule has 0 aromatic rings. The van der Waals surface area contributed by atoms with Crippen molar-refractivity contribution in [1.29, 1.82) is 0 Å². The van der Waals surface area contributed by atoms with Gasteiger partial charge >= 0.3 is 0 Å². The Morgan fingerprint density at radius 3 is 2.43 bits per heavy atom. The highest BCUT2D eigenvalue weighted by Crippen LogP contribution is 2.16. The Morgan fingerprint density at radius 1 is 2.00 bits per heavy atom. The second kappa shape index (κ2) is 0.857. The number of hydrogen-bond acceptors (Lipinski definition) is 2. The van der Waals surface area contributed by atoms with Crippen molar-refractivity contribution in [2.24, 2.45) is 10.7 Å². The molecule has 0 aromatic carbocycles. The fraction of sp³-hybridized carbons (Fsp3) is 0.500. The van der Waals surface area contributed by atoms with Crippen LogP contribution >= 0.6 is 0 Å². The molecule has 3 nitrogen and oxygen atoms in total. The zero-order chi connectivity index (χ0) is 5.49. The lowest BCUT2D eigenvalue weighted by Crippen LogP contribution is -2.30. The van der Waals surface area contributed by atoms with Gasteiger partial charge in [-0.2, -0.15) is 0 Å². The third kappa shape index (κ3) is 0.493. The highest BCUT2D eigenvalue weighted by atomic mass is 16.1. The van der Waals surface area contributed by atoms with Gasteiger partial charge in [-0.3, -0.25) is 9.79 Å². The first-order valence-corrected chi connectivity index (χ1v) is 2.01. The molecule has 2 N–H and O–H groups in total. The van der Waals surface area contributed by atoms with Crippen molar-refractivity contribution in [3.05, 3.63) is 0 Å². The molecule has 1 atom stereocenters. The van der Waals surface area contributed by atoms with Crippen LogP contribution < -0.4 is 5.73 Å². The van der Waals surface area contributed by atoms with Crippen LogP contribution in [0.2, 0.25) is 0 Å². The summed E-state index contributed by atoms with van der Waals surface area (Å²) in [7, 11) is 0. The zero-order valence-corrected chi connectivity index (χ0v) is 4.01. The van der Waals surface area contributed by atoms with Gasteiger partial charge in [0.1, 0.15) is 0 Å². The van der Waals surface area contributed by atoms with Crippen LogP contribution in [0.15, 0.2) is 4.99 Å². The second-order valence-electron chi connectivity index (χ2n) is 1.77. The van der Waals surface area contributed by atoms with Gasteiger partial charge in [-0.15, -0.1) is 0 Å². The van der Waals surface area contributed by atoms with Crippen LogP contribution in [0.3, 0.4) is 0 Å². The zero-order valence-electron chi connectivity index (χ0n) is 4.01. The van der Waals surface area contributed by atoms with Crippen LogP contribution in [0.5, 0.6) is 0 Å². The molecule has 0 bridgehead atoms. The Bertz CT molecular complexity index is 133. The molecule has 1 aliphatic heterocycles. The van der Waals surface area contributed by atoms with Crippen LogP contribution in [0.1, 0.15) is 6.92 Å². The third-order valence-corrected chi connectivity index (χ3v) is 1.02. The fourth-order valence-electron chi connectivity index (χ4n) is 0.224. The van der Waals surface area contributed by atoms with Crippen LogP contribution in [-0.4, -0.2) is 17.7 Å². The van der Waals surface area contributed by atoms with Gasteiger partial charge in [0.25, 0.3) is 5.91 Å². The molecule has 1 unspecified atom stereocenters. The normalized spacial score (nSPS) is 35.6. The number of carbonyl (C=O) groups excluding carboxylic acids is 1. The molecule has 0 saturated heterocycles. The summed E-state index contributed by atoms with van der Waals surface area (Å²) in [5.41, 5.74) is 4.26. The Balaban J connectivity index is 2.58. The average Bonchev–Trinajstić information content (AvgIpc) is 2.21. The minimum atomic E-state index is -0.611. The molecular formula is C4H6N2O. The summed E-state index contributed by atoms with van der Waals surface area (Å²) in [4.78, 5) is 13.8. The third-order valence-electron chi connectivity index (χ3n) is 1.02. The number of hydrogen-bond donors (Lipinski definition) is 1. The molecule has 38 valence electrons. The molecule has 1 amide bonds. The lowest BCUT2D eigenvalue weighted by atomic mass is 10.2. The molecule has 0 fully saturated rings. The smallest absolute Gasteiger partial charge is 0.250 e. The molecule has 0 spiro atoms. The summed E-state index contributed by atoms with van der Waals surface area (Å²) >= 11 is 0. The van der Waals surface area contributed by atoms with Gasteiger partial charge in [-0.25, -0.2) is 0 Å².